The SMILES string of the molecule is COc1cccc(-c2ccc(Nc3ccc(CN4CC(C)OC(C)C4)cc3)cc2)c1. The number of rotatable bonds is 6. The highest BCUT2D eigenvalue weighted by molar-refractivity contribution is 5.69. The Morgan fingerprint density at radius 2 is 1.50 bits per heavy atom. The Balaban J connectivity index is 1.37. The maximum atomic E-state index is 5.83. The monoisotopic (exact) mass is 402 g/mol. The molecule has 0 amide bonds. The molecule has 1 saturated heterocycles. The molecule has 4 heteroatoms. The van der Waals surface area contributed by atoms with Crippen LogP contribution in [0.25, 0.3) is 11.1 Å². The second-order valence-corrected chi connectivity index (χ2v) is 8.08. The van der Waals surface area contributed by atoms with E-state index in [9.17, 15) is 0 Å². The molecule has 3 aromatic carbocycles. The summed E-state index contributed by atoms with van der Waals surface area (Å²) in [7, 11) is 1.69. The van der Waals surface area contributed by atoms with E-state index in [0.717, 1.165) is 42.3 Å². The minimum Gasteiger partial charge on any atom is -0.497 e. The van der Waals surface area contributed by atoms with Crippen molar-refractivity contribution in [3.63, 3.8) is 0 Å². The Morgan fingerprint density at radius 1 is 0.867 bits per heavy atom. The van der Waals surface area contributed by atoms with E-state index in [1.165, 1.54) is 11.1 Å². The van der Waals surface area contributed by atoms with Crippen molar-refractivity contribution >= 4 is 11.4 Å². The van der Waals surface area contributed by atoms with Gasteiger partial charge in [0.25, 0.3) is 0 Å². The number of hydrogen-bond acceptors (Lipinski definition) is 4. The predicted octanol–water partition coefficient (Wildman–Crippen LogP) is 5.72. The third-order valence-electron chi connectivity index (χ3n) is 5.43. The second kappa shape index (κ2) is 9.33. The van der Waals surface area contributed by atoms with Crippen LogP contribution in [0, 0.1) is 0 Å². The molecule has 156 valence electrons. The Morgan fingerprint density at radius 3 is 2.13 bits per heavy atom. The lowest BCUT2D eigenvalue weighted by Gasteiger charge is -2.35. The topological polar surface area (TPSA) is 33.7 Å². The highest BCUT2D eigenvalue weighted by Gasteiger charge is 2.21. The summed E-state index contributed by atoms with van der Waals surface area (Å²) in [6.45, 7) is 7.24. The molecular weight excluding hydrogens is 372 g/mol. The van der Waals surface area contributed by atoms with Gasteiger partial charge in [-0.05, 0) is 66.9 Å². The van der Waals surface area contributed by atoms with Gasteiger partial charge in [-0.1, -0.05) is 36.4 Å². The number of anilines is 2. The van der Waals surface area contributed by atoms with E-state index in [1.54, 1.807) is 7.11 Å². The summed E-state index contributed by atoms with van der Waals surface area (Å²) in [4.78, 5) is 2.47. The minimum absolute atomic E-state index is 0.301. The normalized spacial score (nSPS) is 19.4. The zero-order valence-corrected chi connectivity index (χ0v) is 18.0. The molecule has 0 aliphatic carbocycles. The average molecular weight is 403 g/mol. The van der Waals surface area contributed by atoms with Crippen molar-refractivity contribution < 1.29 is 9.47 Å². The zero-order valence-electron chi connectivity index (χ0n) is 18.0. The zero-order chi connectivity index (χ0) is 20.9. The largest absolute Gasteiger partial charge is 0.497 e. The molecule has 1 N–H and O–H groups in total. The van der Waals surface area contributed by atoms with Crippen molar-refractivity contribution in [2.24, 2.45) is 0 Å². The predicted molar refractivity (Wildman–Crippen MR) is 123 cm³/mol. The van der Waals surface area contributed by atoms with Crippen molar-refractivity contribution in [3.05, 3.63) is 78.4 Å². The summed E-state index contributed by atoms with van der Waals surface area (Å²) in [5.41, 5.74) is 5.82. The first-order chi connectivity index (χ1) is 14.6. The number of morpholine rings is 1. The van der Waals surface area contributed by atoms with E-state index in [0.29, 0.717) is 12.2 Å². The average Bonchev–Trinajstić information content (AvgIpc) is 2.75. The molecule has 0 spiro atoms. The fourth-order valence-corrected chi connectivity index (χ4v) is 4.08. The van der Waals surface area contributed by atoms with Gasteiger partial charge >= 0.3 is 0 Å². The van der Waals surface area contributed by atoms with Gasteiger partial charge in [-0.15, -0.1) is 0 Å². The standard InChI is InChI=1S/C26H30N2O2/c1-19-16-28(17-20(2)30-19)18-21-7-11-24(12-8-21)27-25-13-9-22(10-14-25)23-5-4-6-26(15-23)29-3/h4-15,19-20,27H,16-18H2,1-3H3. The first-order valence-corrected chi connectivity index (χ1v) is 10.6. The van der Waals surface area contributed by atoms with Gasteiger partial charge < -0.3 is 14.8 Å². The summed E-state index contributed by atoms with van der Waals surface area (Å²) < 4.78 is 11.2. The first kappa shape index (κ1) is 20.5. The molecule has 0 saturated carbocycles. The number of methoxy groups -OCH3 is 1. The molecule has 4 rings (SSSR count). The van der Waals surface area contributed by atoms with E-state index >= 15 is 0 Å². The molecule has 0 aromatic heterocycles. The Hall–Kier alpha value is -2.82. The van der Waals surface area contributed by atoms with Gasteiger partial charge in [0.1, 0.15) is 5.75 Å². The summed E-state index contributed by atoms with van der Waals surface area (Å²) in [5.74, 6) is 0.871. The lowest BCUT2D eigenvalue weighted by Crippen LogP contribution is -2.44. The number of hydrogen-bond donors (Lipinski definition) is 1. The summed E-state index contributed by atoms with van der Waals surface area (Å²) in [5, 5.41) is 3.49. The maximum absolute atomic E-state index is 5.83. The highest BCUT2D eigenvalue weighted by Crippen LogP contribution is 2.26. The number of nitrogens with zero attached hydrogens (tertiary/aromatic N) is 1. The Bertz CT molecular complexity index is 944. The molecule has 0 bridgehead atoms. The second-order valence-electron chi connectivity index (χ2n) is 8.08. The third-order valence-corrected chi connectivity index (χ3v) is 5.43. The van der Waals surface area contributed by atoms with Crippen molar-refractivity contribution in [2.45, 2.75) is 32.6 Å². The van der Waals surface area contributed by atoms with Crippen molar-refractivity contribution in [1.29, 1.82) is 0 Å². The van der Waals surface area contributed by atoms with Crippen LogP contribution in [0.2, 0.25) is 0 Å². The molecule has 1 aliphatic heterocycles. The van der Waals surface area contributed by atoms with E-state index in [1.807, 2.05) is 12.1 Å². The maximum Gasteiger partial charge on any atom is 0.119 e. The molecule has 1 fully saturated rings. The quantitative estimate of drug-likeness (QED) is 0.572. The van der Waals surface area contributed by atoms with Crippen LogP contribution < -0.4 is 10.1 Å². The third kappa shape index (κ3) is 5.21. The smallest absolute Gasteiger partial charge is 0.119 e. The van der Waals surface area contributed by atoms with Crippen LogP contribution in [0.1, 0.15) is 19.4 Å². The van der Waals surface area contributed by atoms with Gasteiger partial charge in [-0.2, -0.15) is 0 Å². The fourth-order valence-electron chi connectivity index (χ4n) is 4.08. The van der Waals surface area contributed by atoms with Crippen LogP contribution in [0.4, 0.5) is 11.4 Å². The van der Waals surface area contributed by atoms with Gasteiger partial charge in [0.2, 0.25) is 0 Å². The molecule has 2 unspecified atom stereocenters. The summed E-state index contributed by atoms with van der Waals surface area (Å²) >= 11 is 0. The molecule has 0 radical (unpaired) electrons. The minimum atomic E-state index is 0.301. The molecule has 4 nitrogen and oxygen atoms in total. The lowest BCUT2D eigenvalue weighted by atomic mass is 10.1. The Labute approximate surface area is 179 Å². The summed E-state index contributed by atoms with van der Waals surface area (Å²) in [6, 6.07) is 25.3. The molecule has 3 aromatic rings. The molecule has 30 heavy (non-hydrogen) atoms. The van der Waals surface area contributed by atoms with E-state index in [-0.39, 0.29) is 0 Å². The van der Waals surface area contributed by atoms with Crippen molar-refractivity contribution in [1.82, 2.24) is 4.90 Å². The number of ether oxygens (including phenoxy) is 2. The molecular formula is C26H30N2O2. The van der Waals surface area contributed by atoms with Crippen molar-refractivity contribution in [3.8, 4) is 16.9 Å². The van der Waals surface area contributed by atoms with Crippen LogP contribution in [0.15, 0.2) is 72.8 Å². The van der Waals surface area contributed by atoms with Crippen LogP contribution in [0.5, 0.6) is 5.75 Å². The van der Waals surface area contributed by atoms with Crippen LogP contribution in [0.3, 0.4) is 0 Å². The van der Waals surface area contributed by atoms with Crippen molar-refractivity contribution in [2.75, 3.05) is 25.5 Å². The van der Waals surface area contributed by atoms with E-state index in [4.69, 9.17) is 9.47 Å². The van der Waals surface area contributed by atoms with Gasteiger partial charge in [0.05, 0.1) is 19.3 Å². The lowest BCUT2D eigenvalue weighted by molar-refractivity contribution is -0.0704. The van der Waals surface area contributed by atoms with E-state index < -0.39 is 0 Å². The van der Waals surface area contributed by atoms with E-state index in [2.05, 4.69) is 84.7 Å². The van der Waals surface area contributed by atoms with Gasteiger partial charge in [-0.3, -0.25) is 4.90 Å². The van der Waals surface area contributed by atoms with Crippen LogP contribution in [-0.2, 0) is 11.3 Å². The summed E-state index contributed by atoms with van der Waals surface area (Å²) in [6.07, 6.45) is 0.601. The van der Waals surface area contributed by atoms with Crippen LogP contribution in [-0.4, -0.2) is 37.3 Å². The van der Waals surface area contributed by atoms with Gasteiger partial charge in [0.15, 0.2) is 0 Å². The number of benzene rings is 3. The van der Waals surface area contributed by atoms with Gasteiger partial charge in [0, 0.05) is 31.0 Å². The Kier molecular flexibility index (Phi) is 6.36. The molecule has 1 aliphatic rings. The molecule has 2 atom stereocenters. The van der Waals surface area contributed by atoms with Crippen LogP contribution >= 0.6 is 0 Å². The highest BCUT2D eigenvalue weighted by atomic mass is 16.5. The first-order valence-electron chi connectivity index (χ1n) is 10.6. The number of nitrogens with one attached hydrogen (secondary N) is 1. The fraction of sp³-hybridized carbons (Fsp3) is 0.308. The van der Waals surface area contributed by atoms with Gasteiger partial charge in [-0.25, -0.2) is 0 Å². The molecule has 1 heterocycles.